The molecule has 0 radical (unpaired) electrons. The van der Waals surface area contributed by atoms with Crippen molar-refractivity contribution in [1.82, 2.24) is 0 Å². The van der Waals surface area contributed by atoms with Crippen molar-refractivity contribution < 1.29 is 0 Å². The van der Waals surface area contributed by atoms with E-state index >= 15 is 0 Å². The quantitative estimate of drug-likeness (QED) is 0.576. The minimum Gasteiger partial charge on any atom is -0.0654 e. The van der Waals surface area contributed by atoms with Gasteiger partial charge in [0.2, 0.25) is 0 Å². The van der Waals surface area contributed by atoms with Gasteiger partial charge in [-0.15, -0.1) is 0 Å². The Balaban J connectivity index is 2.25. The van der Waals surface area contributed by atoms with Crippen molar-refractivity contribution in [2.45, 2.75) is 59.8 Å². The second-order valence-corrected chi connectivity index (χ2v) is 5.43. The Morgan fingerprint density at radius 1 is 1.09 bits per heavy atom. The summed E-state index contributed by atoms with van der Waals surface area (Å²) in [5, 5.41) is 0. The number of rotatable bonds is 3. The Morgan fingerprint density at radius 3 is 2.00 bits per heavy atom. The Kier molecular flexibility index (Phi) is 2.32. The van der Waals surface area contributed by atoms with E-state index in [0.717, 1.165) is 0 Å². The lowest BCUT2D eigenvalue weighted by Gasteiger charge is -2.51. The molecule has 0 amide bonds. The zero-order valence-corrected chi connectivity index (χ0v) is 8.54. The van der Waals surface area contributed by atoms with Gasteiger partial charge >= 0.3 is 0 Å². The molecule has 0 N–H and O–H groups in total. The van der Waals surface area contributed by atoms with E-state index in [2.05, 4.69) is 27.7 Å². The molecule has 1 aliphatic carbocycles. The van der Waals surface area contributed by atoms with Gasteiger partial charge in [-0.05, 0) is 30.1 Å². The first-order valence-corrected chi connectivity index (χ1v) is 4.97. The smallest absolute Gasteiger partial charge is 0.0316 e. The molecule has 66 valence electrons. The Hall–Kier alpha value is 0. The van der Waals surface area contributed by atoms with Gasteiger partial charge in [-0.2, -0.15) is 0 Å². The molecule has 0 unspecified atom stereocenters. The molecule has 0 aliphatic heterocycles. The van der Waals surface area contributed by atoms with Crippen LogP contribution in [0.1, 0.15) is 59.8 Å². The molecule has 0 heteroatoms. The highest BCUT2D eigenvalue weighted by Crippen LogP contribution is 2.56. The summed E-state index contributed by atoms with van der Waals surface area (Å²) >= 11 is 0. The van der Waals surface area contributed by atoms with Crippen molar-refractivity contribution in [1.29, 1.82) is 0 Å². The zero-order chi connectivity index (χ0) is 8.54. The summed E-state index contributed by atoms with van der Waals surface area (Å²) in [5.74, 6) is 0. The normalized spacial score (nSPS) is 26.2. The Labute approximate surface area is 71.4 Å². The zero-order valence-electron chi connectivity index (χ0n) is 8.54. The topological polar surface area (TPSA) is 0 Å². The van der Waals surface area contributed by atoms with E-state index in [1.807, 2.05) is 0 Å². The second-order valence-electron chi connectivity index (χ2n) is 5.43. The fraction of sp³-hybridized carbons (Fsp3) is 1.00. The maximum Gasteiger partial charge on any atom is -0.0316 e. The molecular formula is C11H22. The molecule has 11 heavy (non-hydrogen) atoms. The van der Waals surface area contributed by atoms with E-state index in [1.54, 1.807) is 0 Å². The van der Waals surface area contributed by atoms with Crippen LogP contribution in [0.3, 0.4) is 0 Å². The van der Waals surface area contributed by atoms with E-state index in [-0.39, 0.29) is 0 Å². The van der Waals surface area contributed by atoms with Gasteiger partial charge in [-0.25, -0.2) is 0 Å². The molecule has 0 heterocycles. The van der Waals surface area contributed by atoms with Gasteiger partial charge in [0.25, 0.3) is 0 Å². The van der Waals surface area contributed by atoms with Gasteiger partial charge < -0.3 is 0 Å². The fourth-order valence-corrected chi connectivity index (χ4v) is 3.04. The summed E-state index contributed by atoms with van der Waals surface area (Å²) in [6, 6.07) is 0. The van der Waals surface area contributed by atoms with Gasteiger partial charge in [0.15, 0.2) is 0 Å². The predicted molar refractivity (Wildman–Crippen MR) is 50.6 cm³/mol. The summed E-state index contributed by atoms with van der Waals surface area (Å²) in [6.45, 7) is 9.52. The van der Waals surface area contributed by atoms with Crippen molar-refractivity contribution in [3.8, 4) is 0 Å². The molecule has 0 spiro atoms. The number of hydrogen-bond donors (Lipinski definition) is 0. The molecule has 0 aromatic heterocycles. The first-order valence-electron chi connectivity index (χ1n) is 4.97. The molecule has 1 aliphatic rings. The van der Waals surface area contributed by atoms with E-state index in [0.29, 0.717) is 10.8 Å². The largest absolute Gasteiger partial charge is 0.0654 e. The average molecular weight is 154 g/mol. The van der Waals surface area contributed by atoms with Crippen LogP contribution in [0.25, 0.3) is 0 Å². The van der Waals surface area contributed by atoms with Crippen LogP contribution in [0, 0.1) is 10.8 Å². The lowest BCUT2D eigenvalue weighted by atomic mass is 9.54. The van der Waals surface area contributed by atoms with Crippen LogP contribution in [0.4, 0.5) is 0 Å². The van der Waals surface area contributed by atoms with E-state index in [4.69, 9.17) is 0 Å². The van der Waals surface area contributed by atoms with Crippen LogP contribution in [-0.4, -0.2) is 0 Å². The van der Waals surface area contributed by atoms with Crippen molar-refractivity contribution in [2.75, 3.05) is 0 Å². The van der Waals surface area contributed by atoms with Gasteiger partial charge in [0, 0.05) is 0 Å². The molecule has 0 bridgehead atoms. The minimum atomic E-state index is 0.655. The van der Waals surface area contributed by atoms with Crippen molar-refractivity contribution in [3.05, 3.63) is 0 Å². The van der Waals surface area contributed by atoms with Crippen molar-refractivity contribution >= 4 is 0 Å². The van der Waals surface area contributed by atoms with Crippen LogP contribution in [0.15, 0.2) is 0 Å². The van der Waals surface area contributed by atoms with Crippen molar-refractivity contribution in [3.63, 3.8) is 0 Å². The van der Waals surface area contributed by atoms with E-state index < -0.39 is 0 Å². The molecule has 1 saturated carbocycles. The van der Waals surface area contributed by atoms with E-state index in [9.17, 15) is 0 Å². The Bertz CT molecular complexity index is 125. The first-order chi connectivity index (χ1) is 4.97. The predicted octanol–water partition coefficient (Wildman–Crippen LogP) is 4.00. The summed E-state index contributed by atoms with van der Waals surface area (Å²) < 4.78 is 0. The maximum absolute atomic E-state index is 2.45. The van der Waals surface area contributed by atoms with Crippen molar-refractivity contribution in [2.24, 2.45) is 10.8 Å². The average Bonchev–Trinajstić information content (AvgIpc) is 1.79. The van der Waals surface area contributed by atoms with Gasteiger partial charge in [-0.3, -0.25) is 0 Å². The molecule has 0 aromatic rings. The standard InChI is InChI=1S/C11H22/c1-5-6-7-11(4)8-10(2,3)9-11/h5-9H2,1-4H3. The molecule has 0 nitrogen and oxygen atoms in total. The summed E-state index contributed by atoms with van der Waals surface area (Å²) in [4.78, 5) is 0. The monoisotopic (exact) mass is 154 g/mol. The van der Waals surface area contributed by atoms with Crippen LogP contribution >= 0.6 is 0 Å². The highest BCUT2D eigenvalue weighted by atomic mass is 14.5. The third kappa shape index (κ3) is 2.21. The molecule has 1 rings (SSSR count). The van der Waals surface area contributed by atoms with Crippen LogP contribution in [0.2, 0.25) is 0 Å². The summed E-state index contributed by atoms with van der Waals surface area (Å²) in [5.41, 5.74) is 1.36. The maximum atomic E-state index is 2.45. The van der Waals surface area contributed by atoms with Crippen LogP contribution in [0.5, 0.6) is 0 Å². The fourth-order valence-electron chi connectivity index (χ4n) is 3.04. The molecule has 0 atom stereocenters. The SMILES string of the molecule is CCCCC1(C)CC(C)(C)C1. The third-order valence-electron chi connectivity index (χ3n) is 2.94. The third-order valence-corrected chi connectivity index (χ3v) is 2.94. The van der Waals surface area contributed by atoms with Crippen LogP contribution < -0.4 is 0 Å². The number of unbranched alkanes of at least 4 members (excludes halogenated alkanes) is 1. The minimum absolute atomic E-state index is 0.655. The summed E-state index contributed by atoms with van der Waals surface area (Å²) in [7, 11) is 0. The summed E-state index contributed by atoms with van der Waals surface area (Å²) in [6.07, 6.45) is 7.12. The molecule has 1 fully saturated rings. The molecule has 0 saturated heterocycles. The number of hydrogen-bond acceptors (Lipinski definition) is 0. The first kappa shape index (κ1) is 9.09. The Morgan fingerprint density at radius 2 is 1.64 bits per heavy atom. The van der Waals surface area contributed by atoms with Gasteiger partial charge in [0.1, 0.15) is 0 Å². The molecular weight excluding hydrogens is 132 g/mol. The highest BCUT2D eigenvalue weighted by molar-refractivity contribution is 4.95. The molecule has 0 aromatic carbocycles. The van der Waals surface area contributed by atoms with E-state index in [1.165, 1.54) is 32.1 Å². The lowest BCUT2D eigenvalue weighted by Crippen LogP contribution is -2.40. The van der Waals surface area contributed by atoms with Gasteiger partial charge in [0.05, 0.1) is 0 Å². The highest BCUT2D eigenvalue weighted by Gasteiger charge is 2.44. The second kappa shape index (κ2) is 2.80. The lowest BCUT2D eigenvalue weighted by molar-refractivity contribution is -0.00540. The van der Waals surface area contributed by atoms with Crippen LogP contribution in [-0.2, 0) is 0 Å². The van der Waals surface area contributed by atoms with Gasteiger partial charge in [-0.1, -0.05) is 40.5 Å².